The molecule has 4 nitrogen and oxygen atoms in total. The number of hydrogen-bond acceptors (Lipinski definition) is 2. The fourth-order valence-electron chi connectivity index (χ4n) is 1.42. The molecule has 2 rings (SSSR count). The molecule has 1 atom stereocenters. The summed E-state index contributed by atoms with van der Waals surface area (Å²) in [7, 11) is 0. The van der Waals surface area contributed by atoms with E-state index >= 15 is 0 Å². The molecule has 1 saturated heterocycles. The van der Waals surface area contributed by atoms with Gasteiger partial charge in [-0.05, 0) is 25.8 Å². The molecular weight excluding hydrogens is 154 g/mol. The molecule has 1 aliphatic carbocycles. The summed E-state index contributed by atoms with van der Waals surface area (Å²) in [5.74, 6) is 0. The lowest BCUT2D eigenvalue weighted by Crippen LogP contribution is -2.43. The highest BCUT2D eigenvalue weighted by Gasteiger charge is 2.24. The zero-order valence-corrected chi connectivity index (χ0v) is 7.10. The molecule has 12 heavy (non-hydrogen) atoms. The average molecular weight is 169 g/mol. The fourth-order valence-corrected chi connectivity index (χ4v) is 1.42. The van der Waals surface area contributed by atoms with Crippen LogP contribution >= 0.6 is 0 Å². The van der Waals surface area contributed by atoms with Crippen molar-refractivity contribution in [2.75, 3.05) is 13.1 Å². The SMILES string of the molecule is O=C(NC1CC1)N[C@H]1CCNC1. The van der Waals surface area contributed by atoms with Gasteiger partial charge in [0, 0.05) is 18.6 Å². The molecule has 0 spiro atoms. The molecule has 0 aromatic carbocycles. The molecule has 3 N–H and O–H groups in total. The average Bonchev–Trinajstić information content (AvgIpc) is 2.66. The van der Waals surface area contributed by atoms with Crippen molar-refractivity contribution in [3.63, 3.8) is 0 Å². The first-order valence-corrected chi connectivity index (χ1v) is 4.62. The second kappa shape index (κ2) is 3.31. The second-order valence-electron chi connectivity index (χ2n) is 3.58. The van der Waals surface area contributed by atoms with Crippen LogP contribution in [-0.4, -0.2) is 31.2 Å². The van der Waals surface area contributed by atoms with Gasteiger partial charge in [-0.2, -0.15) is 0 Å². The van der Waals surface area contributed by atoms with E-state index < -0.39 is 0 Å². The molecule has 0 bridgehead atoms. The van der Waals surface area contributed by atoms with Crippen molar-refractivity contribution in [3.05, 3.63) is 0 Å². The third kappa shape index (κ3) is 2.11. The third-order valence-electron chi connectivity index (χ3n) is 2.31. The van der Waals surface area contributed by atoms with Crippen LogP contribution in [0.4, 0.5) is 4.79 Å². The standard InChI is InChI=1S/C8H15N3O/c12-8(10-6-1-2-6)11-7-3-4-9-5-7/h6-7,9H,1-5H2,(H2,10,11,12)/t7-/m0/s1. The van der Waals surface area contributed by atoms with Gasteiger partial charge in [0.25, 0.3) is 0 Å². The molecule has 68 valence electrons. The maximum absolute atomic E-state index is 11.2. The van der Waals surface area contributed by atoms with Crippen LogP contribution in [0.5, 0.6) is 0 Å². The number of rotatable bonds is 2. The second-order valence-corrected chi connectivity index (χ2v) is 3.58. The first-order valence-electron chi connectivity index (χ1n) is 4.62. The van der Waals surface area contributed by atoms with Crippen molar-refractivity contribution < 1.29 is 4.79 Å². The minimum absolute atomic E-state index is 0.00574. The highest BCUT2D eigenvalue weighted by molar-refractivity contribution is 5.74. The smallest absolute Gasteiger partial charge is 0.315 e. The van der Waals surface area contributed by atoms with Crippen molar-refractivity contribution in [1.82, 2.24) is 16.0 Å². The molecule has 0 aromatic rings. The number of amides is 2. The van der Waals surface area contributed by atoms with Crippen molar-refractivity contribution in [2.45, 2.75) is 31.3 Å². The number of urea groups is 1. The van der Waals surface area contributed by atoms with E-state index in [-0.39, 0.29) is 6.03 Å². The van der Waals surface area contributed by atoms with E-state index in [2.05, 4.69) is 16.0 Å². The Kier molecular flexibility index (Phi) is 2.17. The molecule has 1 heterocycles. The Labute approximate surface area is 72.1 Å². The monoisotopic (exact) mass is 169 g/mol. The third-order valence-corrected chi connectivity index (χ3v) is 2.31. The van der Waals surface area contributed by atoms with Crippen LogP contribution in [0.1, 0.15) is 19.3 Å². The van der Waals surface area contributed by atoms with E-state index in [1.165, 1.54) is 0 Å². The largest absolute Gasteiger partial charge is 0.335 e. The molecule has 0 radical (unpaired) electrons. The minimum atomic E-state index is 0.00574. The molecule has 2 amide bonds. The summed E-state index contributed by atoms with van der Waals surface area (Å²) < 4.78 is 0. The quantitative estimate of drug-likeness (QED) is 0.536. The zero-order chi connectivity index (χ0) is 8.39. The maximum Gasteiger partial charge on any atom is 0.315 e. The van der Waals surface area contributed by atoms with Gasteiger partial charge in [-0.1, -0.05) is 0 Å². The summed E-state index contributed by atoms with van der Waals surface area (Å²) >= 11 is 0. The van der Waals surface area contributed by atoms with Gasteiger partial charge in [0.15, 0.2) is 0 Å². The Balaban J connectivity index is 1.66. The topological polar surface area (TPSA) is 53.2 Å². The van der Waals surface area contributed by atoms with Gasteiger partial charge < -0.3 is 16.0 Å². The highest BCUT2D eigenvalue weighted by Crippen LogP contribution is 2.18. The summed E-state index contributed by atoms with van der Waals surface area (Å²) in [6, 6.07) is 0.800. The number of carbonyl (C=O) groups excluding carboxylic acids is 1. The van der Waals surface area contributed by atoms with Crippen LogP contribution in [0.2, 0.25) is 0 Å². The lowest BCUT2D eigenvalue weighted by Gasteiger charge is -2.11. The van der Waals surface area contributed by atoms with E-state index in [4.69, 9.17) is 0 Å². The Hall–Kier alpha value is -0.770. The van der Waals surface area contributed by atoms with Gasteiger partial charge in [-0.15, -0.1) is 0 Å². The zero-order valence-electron chi connectivity index (χ0n) is 7.10. The van der Waals surface area contributed by atoms with Gasteiger partial charge in [0.05, 0.1) is 0 Å². The first kappa shape index (κ1) is 7.86. The predicted octanol–water partition coefficient (Wildman–Crippen LogP) is -0.190. The lowest BCUT2D eigenvalue weighted by atomic mass is 10.3. The van der Waals surface area contributed by atoms with Crippen molar-refractivity contribution in [1.29, 1.82) is 0 Å². The van der Waals surface area contributed by atoms with Gasteiger partial charge in [-0.25, -0.2) is 4.79 Å². The molecule has 0 unspecified atom stereocenters. The van der Waals surface area contributed by atoms with E-state index in [1.54, 1.807) is 0 Å². The van der Waals surface area contributed by atoms with Gasteiger partial charge in [-0.3, -0.25) is 0 Å². The molecule has 1 aliphatic heterocycles. The highest BCUT2D eigenvalue weighted by atomic mass is 16.2. The molecule has 2 fully saturated rings. The summed E-state index contributed by atoms with van der Waals surface area (Å²) in [5, 5.41) is 9.04. The molecule has 4 heteroatoms. The van der Waals surface area contributed by atoms with Gasteiger partial charge >= 0.3 is 6.03 Å². The number of nitrogens with one attached hydrogen (secondary N) is 3. The van der Waals surface area contributed by atoms with Crippen LogP contribution in [0.3, 0.4) is 0 Å². The van der Waals surface area contributed by atoms with Crippen LogP contribution in [-0.2, 0) is 0 Å². The van der Waals surface area contributed by atoms with Crippen molar-refractivity contribution >= 4 is 6.03 Å². The van der Waals surface area contributed by atoms with Crippen LogP contribution < -0.4 is 16.0 Å². The van der Waals surface area contributed by atoms with E-state index in [0.29, 0.717) is 12.1 Å². The Morgan fingerprint density at radius 2 is 1.92 bits per heavy atom. The Morgan fingerprint density at radius 3 is 2.50 bits per heavy atom. The maximum atomic E-state index is 11.2. The van der Waals surface area contributed by atoms with Crippen molar-refractivity contribution in [3.8, 4) is 0 Å². The summed E-state index contributed by atoms with van der Waals surface area (Å²) in [6.07, 6.45) is 3.35. The Morgan fingerprint density at radius 1 is 1.17 bits per heavy atom. The molecule has 2 aliphatic rings. The van der Waals surface area contributed by atoms with E-state index in [9.17, 15) is 4.79 Å². The summed E-state index contributed by atoms with van der Waals surface area (Å²) in [5.41, 5.74) is 0. The Bertz CT molecular complexity index is 173. The van der Waals surface area contributed by atoms with Crippen LogP contribution in [0.25, 0.3) is 0 Å². The predicted molar refractivity (Wildman–Crippen MR) is 46.0 cm³/mol. The minimum Gasteiger partial charge on any atom is -0.335 e. The molecule has 0 aromatic heterocycles. The summed E-state index contributed by atoms with van der Waals surface area (Å²) in [4.78, 5) is 11.2. The van der Waals surface area contributed by atoms with E-state index in [0.717, 1.165) is 32.4 Å². The molecular formula is C8H15N3O. The van der Waals surface area contributed by atoms with Crippen LogP contribution in [0.15, 0.2) is 0 Å². The number of carbonyl (C=O) groups is 1. The first-order chi connectivity index (χ1) is 5.84. The van der Waals surface area contributed by atoms with Crippen molar-refractivity contribution in [2.24, 2.45) is 0 Å². The lowest BCUT2D eigenvalue weighted by molar-refractivity contribution is 0.237. The summed E-state index contributed by atoms with van der Waals surface area (Å²) in [6.45, 7) is 1.94. The molecule has 1 saturated carbocycles. The van der Waals surface area contributed by atoms with Crippen LogP contribution in [0, 0.1) is 0 Å². The normalized spacial score (nSPS) is 28.5. The van der Waals surface area contributed by atoms with Gasteiger partial charge in [0.1, 0.15) is 0 Å². The fraction of sp³-hybridized carbons (Fsp3) is 0.875. The van der Waals surface area contributed by atoms with E-state index in [1.807, 2.05) is 0 Å². The number of hydrogen-bond donors (Lipinski definition) is 3. The van der Waals surface area contributed by atoms with Gasteiger partial charge in [0.2, 0.25) is 0 Å².